The average molecular weight is 209 g/mol. The van der Waals surface area contributed by atoms with E-state index in [1.165, 1.54) is 0 Å². The Hall–Kier alpha value is -0.270. The number of aliphatic hydroxyl groups excluding tert-OH is 3. The van der Waals surface area contributed by atoms with E-state index in [2.05, 4.69) is 0 Å². The van der Waals surface area contributed by atoms with E-state index < -0.39 is 37.4 Å². The third kappa shape index (κ3) is 2.21. The zero-order valence-corrected chi connectivity index (χ0v) is 7.84. The molecule has 84 valence electrons. The van der Waals surface area contributed by atoms with E-state index in [0.29, 0.717) is 0 Å². The van der Waals surface area contributed by atoms with Crippen LogP contribution >= 0.6 is 0 Å². The third-order valence-corrected chi connectivity index (χ3v) is 2.13. The third-order valence-electron chi connectivity index (χ3n) is 2.13. The number of hydrogen-bond donors (Lipinski definition) is 3. The fraction of sp³-hybridized carbons (Fsp3) is 1.00. The maximum absolute atomic E-state index is 13.2. The molecule has 0 amide bonds. The highest BCUT2D eigenvalue weighted by Crippen LogP contribution is 2.23. The van der Waals surface area contributed by atoms with Crippen molar-refractivity contribution in [1.29, 1.82) is 0 Å². The normalized spacial score (nSPS) is 43.9. The number of aliphatic hydroxyl groups is 3. The predicted octanol–water partition coefficient (Wildman–Crippen LogP) is -1.20. The maximum Gasteiger partial charge on any atom is 0.186 e. The molecule has 6 heteroatoms. The summed E-state index contributed by atoms with van der Waals surface area (Å²) < 4.78 is 23.0. The monoisotopic (exact) mass is 209 g/mol. The quantitative estimate of drug-likeness (QED) is 0.544. The Labute approximate surface area is 81.1 Å². The van der Waals surface area contributed by atoms with Gasteiger partial charge in [-0.05, 0) is 6.92 Å². The second-order valence-electron chi connectivity index (χ2n) is 3.11. The molecule has 1 heterocycles. The predicted molar refractivity (Wildman–Crippen MR) is 44.3 cm³/mol. The van der Waals surface area contributed by atoms with Gasteiger partial charge >= 0.3 is 0 Å². The molecular weight excluding hydrogens is 194 g/mol. The molecule has 1 saturated heterocycles. The first kappa shape index (κ1) is 11.8. The summed E-state index contributed by atoms with van der Waals surface area (Å²) in [6.45, 7) is 1.38. The van der Waals surface area contributed by atoms with Gasteiger partial charge in [-0.15, -0.1) is 0 Å². The number of rotatable bonds is 3. The minimum absolute atomic E-state index is 0.267. The summed E-state index contributed by atoms with van der Waals surface area (Å²) in [5, 5.41) is 27.3. The van der Waals surface area contributed by atoms with Gasteiger partial charge in [0.05, 0.1) is 6.61 Å². The van der Waals surface area contributed by atoms with E-state index in [0.717, 1.165) is 0 Å². The summed E-state index contributed by atoms with van der Waals surface area (Å²) in [5.41, 5.74) is 0. The maximum atomic E-state index is 13.2. The smallest absolute Gasteiger partial charge is 0.186 e. The fourth-order valence-electron chi connectivity index (χ4n) is 1.34. The van der Waals surface area contributed by atoms with Crippen molar-refractivity contribution in [1.82, 2.24) is 0 Å². The van der Waals surface area contributed by atoms with Crippen LogP contribution in [0.15, 0.2) is 0 Å². The molecule has 1 rings (SSSR count). The lowest BCUT2D eigenvalue weighted by molar-refractivity contribution is -0.289. The molecule has 5 atom stereocenters. The van der Waals surface area contributed by atoms with Gasteiger partial charge in [-0.1, -0.05) is 0 Å². The molecule has 0 radical (unpaired) electrons. The van der Waals surface area contributed by atoms with Crippen molar-refractivity contribution < 1.29 is 29.2 Å². The zero-order chi connectivity index (χ0) is 10.7. The van der Waals surface area contributed by atoms with E-state index in [4.69, 9.17) is 14.6 Å². The van der Waals surface area contributed by atoms with Crippen LogP contribution in [0.1, 0.15) is 6.92 Å². The number of hydrogen-bond acceptors (Lipinski definition) is 5. The van der Waals surface area contributed by atoms with Crippen molar-refractivity contribution in [2.45, 2.75) is 37.7 Å². The highest BCUT2D eigenvalue weighted by atomic mass is 18.2. The first-order chi connectivity index (χ1) is 6.61. The van der Waals surface area contributed by atoms with Gasteiger partial charge in [0, 0.05) is 6.61 Å². The van der Waals surface area contributed by atoms with Crippen LogP contribution in [-0.4, -0.2) is 59.3 Å². The molecular formula is C8H15FO5. The number of halogens is 1. The van der Waals surface area contributed by atoms with Crippen LogP contribution in [0.2, 0.25) is 0 Å². The van der Waals surface area contributed by atoms with Gasteiger partial charge in [-0.2, -0.15) is 0 Å². The van der Waals surface area contributed by atoms with Crippen molar-refractivity contribution in [3.05, 3.63) is 0 Å². The number of ether oxygens (including phenoxy) is 2. The molecule has 1 aliphatic rings. The van der Waals surface area contributed by atoms with Crippen LogP contribution in [0.25, 0.3) is 0 Å². The van der Waals surface area contributed by atoms with E-state index >= 15 is 0 Å². The Kier molecular flexibility index (Phi) is 4.21. The van der Waals surface area contributed by atoms with Crippen LogP contribution in [0.3, 0.4) is 0 Å². The molecule has 0 aromatic carbocycles. The van der Waals surface area contributed by atoms with Gasteiger partial charge < -0.3 is 24.8 Å². The lowest BCUT2D eigenvalue weighted by Crippen LogP contribution is -2.57. The molecule has 0 aliphatic carbocycles. The Morgan fingerprint density at radius 2 is 2.00 bits per heavy atom. The summed E-state index contributed by atoms with van der Waals surface area (Å²) >= 11 is 0. The van der Waals surface area contributed by atoms with Gasteiger partial charge in [-0.3, -0.25) is 0 Å². The number of alkyl halides is 1. The Morgan fingerprint density at radius 3 is 2.50 bits per heavy atom. The second kappa shape index (κ2) is 4.99. The standard InChI is InChI=1S/C8H15FO5/c1-2-13-8-7(12)6(11)5(9)4(3-10)14-8/h4-8,10-12H,2-3H2,1H3/t4-,5-,6+,7-,8?/m1/s1/i9-1. The van der Waals surface area contributed by atoms with Crippen molar-refractivity contribution in [3.63, 3.8) is 0 Å². The molecule has 0 saturated carbocycles. The first-order valence-corrected chi connectivity index (χ1v) is 4.50. The van der Waals surface area contributed by atoms with Crippen molar-refractivity contribution in [2.75, 3.05) is 13.2 Å². The zero-order valence-electron chi connectivity index (χ0n) is 7.84. The largest absolute Gasteiger partial charge is 0.394 e. The summed E-state index contributed by atoms with van der Waals surface area (Å²) in [7, 11) is 0. The molecule has 14 heavy (non-hydrogen) atoms. The van der Waals surface area contributed by atoms with E-state index in [9.17, 15) is 14.6 Å². The molecule has 1 unspecified atom stereocenters. The fourth-order valence-corrected chi connectivity index (χ4v) is 1.34. The lowest BCUT2D eigenvalue weighted by Gasteiger charge is -2.38. The van der Waals surface area contributed by atoms with Crippen LogP contribution in [0.5, 0.6) is 0 Å². The van der Waals surface area contributed by atoms with Crippen LogP contribution < -0.4 is 0 Å². The van der Waals surface area contributed by atoms with Gasteiger partial charge in [0.15, 0.2) is 12.5 Å². The minimum atomic E-state index is -1.80. The molecule has 1 aliphatic heterocycles. The summed E-state index contributed by atoms with van der Waals surface area (Å²) in [4.78, 5) is 0. The van der Waals surface area contributed by atoms with Crippen LogP contribution in [-0.2, 0) is 9.47 Å². The molecule has 0 aromatic rings. The Morgan fingerprint density at radius 1 is 1.36 bits per heavy atom. The molecule has 5 nitrogen and oxygen atoms in total. The Balaban J connectivity index is 2.63. The van der Waals surface area contributed by atoms with Gasteiger partial charge in [0.25, 0.3) is 0 Å². The van der Waals surface area contributed by atoms with Crippen LogP contribution in [0.4, 0.5) is 4.39 Å². The molecule has 3 N–H and O–H groups in total. The highest BCUT2D eigenvalue weighted by molar-refractivity contribution is 4.89. The highest BCUT2D eigenvalue weighted by Gasteiger charge is 2.44. The first-order valence-electron chi connectivity index (χ1n) is 4.50. The van der Waals surface area contributed by atoms with E-state index in [-0.39, 0.29) is 6.61 Å². The second-order valence-corrected chi connectivity index (χ2v) is 3.11. The van der Waals surface area contributed by atoms with Crippen molar-refractivity contribution in [2.24, 2.45) is 0 Å². The van der Waals surface area contributed by atoms with E-state index in [1.807, 2.05) is 0 Å². The van der Waals surface area contributed by atoms with Gasteiger partial charge in [0.1, 0.15) is 18.3 Å². The van der Waals surface area contributed by atoms with Crippen molar-refractivity contribution >= 4 is 0 Å². The van der Waals surface area contributed by atoms with Crippen LogP contribution in [0, 0.1) is 0 Å². The summed E-state index contributed by atoms with van der Waals surface area (Å²) in [5.74, 6) is 0. The van der Waals surface area contributed by atoms with Crippen molar-refractivity contribution in [3.8, 4) is 0 Å². The SMILES string of the molecule is CCOC1O[C@H](CO)[C@@H]([18F])[C@H](O)[C@H]1O. The topological polar surface area (TPSA) is 79.2 Å². The van der Waals surface area contributed by atoms with Gasteiger partial charge in [0.2, 0.25) is 0 Å². The molecule has 0 spiro atoms. The Bertz CT molecular complexity index is 175. The molecule has 0 bridgehead atoms. The van der Waals surface area contributed by atoms with Gasteiger partial charge in [-0.25, -0.2) is 4.39 Å². The lowest BCUT2D eigenvalue weighted by atomic mass is 10.0. The summed E-state index contributed by atoms with van der Waals surface area (Å²) in [6, 6.07) is 0. The molecule has 1 fully saturated rings. The molecule has 0 aromatic heterocycles. The van der Waals surface area contributed by atoms with E-state index in [1.54, 1.807) is 6.92 Å². The average Bonchev–Trinajstić information content (AvgIpc) is 2.19. The summed E-state index contributed by atoms with van der Waals surface area (Å²) in [6.07, 6.45) is -7.04. The minimum Gasteiger partial charge on any atom is -0.394 e.